The van der Waals surface area contributed by atoms with Crippen LogP contribution in [-0.2, 0) is 17.5 Å². The molecule has 0 spiro atoms. The van der Waals surface area contributed by atoms with Gasteiger partial charge in [0.1, 0.15) is 5.54 Å². The van der Waals surface area contributed by atoms with Crippen LogP contribution < -0.4 is 21.5 Å². The number of pyridine rings is 2. The van der Waals surface area contributed by atoms with Crippen molar-refractivity contribution in [2.75, 3.05) is 5.32 Å². The van der Waals surface area contributed by atoms with Gasteiger partial charge >= 0.3 is 6.18 Å². The summed E-state index contributed by atoms with van der Waals surface area (Å²) in [5, 5.41) is 8.10. The predicted molar refractivity (Wildman–Crippen MR) is 125 cm³/mol. The second-order valence-electron chi connectivity index (χ2n) is 8.01. The number of nitrogens with one attached hydrogen (secondary N) is 4. The highest BCUT2D eigenvalue weighted by Crippen LogP contribution is 2.38. The van der Waals surface area contributed by atoms with E-state index in [-0.39, 0.29) is 23.7 Å². The van der Waals surface area contributed by atoms with Crippen molar-refractivity contribution < 1.29 is 22.8 Å². The van der Waals surface area contributed by atoms with Gasteiger partial charge in [-0.3, -0.25) is 19.4 Å². The Morgan fingerprint density at radius 2 is 1.89 bits per heavy atom. The van der Waals surface area contributed by atoms with Gasteiger partial charge in [0.2, 0.25) is 11.5 Å². The van der Waals surface area contributed by atoms with Crippen molar-refractivity contribution in [1.29, 1.82) is 0 Å². The molecule has 4 N–H and O–H groups in total. The van der Waals surface area contributed by atoms with Gasteiger partial charge in [-0.15, -0.1) is 0 Å². The third-order valence-electron chi connectivity index (χ3n) is 5.40. The molecule has 1 fully saturated rings. The topological polar surface area (TPSA) is 116 Å². The molecule has 182 valence electrons. The molecular formula is C23H19BrF3N5O3. The average Bonchev–Trinajstić information content (AvgIpc) is 3.59. The minimum Gasteiger partial charge on any atom is -0.354 e. The maximum Gasteiger partial charge on any atom is 0.418 e. The first-order valence-corrected chi connectivity index (χ1v) is 11.2. The van der Waals surface area contributed by atoms with E-state index < -0.39 is 28.7 Å². The van der Waals surface area contributed by atoms with Crippen molar-refractivity contribution >= 4 is 39.1 Å². The van der Waals surface area contributed by atoms with E-state index >= 15 is 0 Å². The Labute approximate surface area is 205 Å². The van der Waals surface area contributed by atoms with Crippen LogP contribution in [0.4, 0.5) is 24.5 Å². The zero-order valence-corrected chi connectivity index (χ0v) is 19.6. The number of carbonyl (C=O) groups is 2. The predicted octanol–water partition coefficient (Wildman–Crippen LogP) is 3.87. The number of hydrogen-bond acceptors (Lipinski definition) is 5. The summed E-state index contributed by atoms with van der Waals surface area (Å²) in [5.74, 6) is -0.909. The second kappa shape index (κ2) is 9.53. The summed E-state index contributed by atoms with van der Waals surface area (Å²) in [6.07, 6.45) is -0.904. The van der Waals surface area contributed by atoms with E-state index in [4.69, 9.17) is 0 Å². The van der Waals surface area contributed by atoms with Crippen molar-refractivity contribution in [1.82, 2.24) is 20.6 Å². The molecule has 35 heavy (non-hydrogen) atoms. The summed E-state index contributed by atoms with van der Waals surface area (Å²) >= 11 is 3.05. The molecule has 1 aliphatic rings. The fraction of sp³-hybridized carbons (Fsp3) is 0.217. The number of amides is 2. The second-order valence-corrected chi connectivity index (χ2v) is 8.93. The Morgan fingerprint density at radius 3 is 2.51 bits per heavy atom. The van der Waals surface area contributed by atoms with E-state index in [1.165, 1.54) is 30.6 Å². The largest absolute Gasteiger partial charge is 0.418 e. The molecule has 0 aliphatic heterocycles. The lowest BCUT2D eigenvalue weighted by Crippen LogP contribution is -2.49. The number of aromatic amines is 1. The minimum absolute atomic E-state index is 0.0633. The molecule has 12 heteroatoms. The van der Waals surface area contributed by atoms with Gasteiger partial charge in [-0.05, 0) is 49.2 Å². The zero-order valence-electron chi connectivity index (χ0n) is 18.0. The van der Waals surface area contributed by atoms with Crippen LogP contribution in [0.2, 0.25) is 0 Å². The molecule has 0 unspecified atom stereocenters. The van der Waals surface area contributed by atoms with E-state index in [1.807, 2.05) is 0 Å². The number of carbonyl (C=O) groups excluding carboxylic acids is 2. The van der Waals surface area contributed by atoms with E-state index in [0.29, 0.717) is 28.7 Å². The van der Waals surface area contributed by atoms with Crippen molar-refractivity contribution in [2.24, 2.45) is 0 Å². The average molecular weight is 550 g/mol. The number of rotatable bonds is 7. The standard InChI is InChI=1S/C23H19BrF3N5O3/c24-14-1-4-18(17(10-14)23(25,26)27)31-16-3-2-15(29-12-16)11-30-21(35)22(6-7-22)32-20(34)13-5-8-28-19(33)9-13/h1-5,8-10,12,31H,6-7,11H2,(H,28,33)(H,30,35)(H,32,34). The Balaban J connectivity index is 1.35. The maximum absolute atomic E-state index is 13.3. The summed E-state index contributed by atoms with van der Waals surface area (Å²) in [4.78, 5) is 43.0. The van der Waals surface area contributed by atoms with Crippen LogP contribution in [0.25, 0.3) is 0 Å². The fourth-order valence-electron chi connectivity index (χ4n) is 3.37. The molecule has 3 aromatic rings. The van der Waals surface area contributed by atoms with Crippen LogP contribution in [0.15, 0.2) is 64.1 Å². The normalized spacial score (nSPS) is 14.2. The van der Waals surface area contributed by atoms with Crippen LogP contribution >= 0.6 is 15.9 Å². The van der Waals surface area contributed by atoms with Gasteiger partial charge in [-0.1, -0.05) is 15.9 Å². The Hall–Kier alpha value is -3.67. The molecule has 1 aliphatic carbocycles. The maximum atomic E-state index is 13.3. The number of aromatic nitrogens is 2. The quantitative estimate of drug-likeness (QED) is 0.357. The van der Waals surface area contributed by atoms with Gasteiger partial charge in [0.15, 0.2) is 0 Å². The first-order chi connectivity index (χ1) is 16.6. The van der Waals surface area contributed by atoms with Gasteiger partial charge in [-0.2, -0.15) is 13.2 Å². The molecule has 0 saturated heterocycles. The molecular weight excluding hydrogens is 531 g/mol. The number of nitrogens with zero attached hydrogens (tertiary/aromatic N) is 1. The molecule has 0 bridgehead atoms. The fourth-order valence-corrected chi connectivity index (χ4v) is 3.73. The number of benzene rings is 1. The number of alkyl halides is 3. The first kappa shape index (κ1) is 24.5. The summed E-state index contributed by atoms with van der Waals surface area (Å²) in [6, 6.07) is 9.52. The van der Waals surface area contributed by atoms with Gasteiger partial charge in [0, 0.05) is 22.3 Å². The van der Waals surface area contributed by atoms with Gasteiger partial charge in [0.05, 0.1) is 35.4 Å². The molecule has 1 saturated carbocycles. The van der Waals surface area contributed by atoms with E-state index in [1.54, 1.807) is 12.1 Å². The van der Waals surface area contributed by atoms with E-state index in [0.717, 1.165) is 12.1 Å². The highest BCUT2D eigenvalue weighted by molar-refractivity contribution is 9.10. The molecule has 0 atom stereocenters. The van der Waals surface area contributed by atoms with Gasteiger partial charge in [-0.25, -0.2) is 0 Å². The van der Waals surface area contributed by atoms with Crippen LogP contribution in [0.5, 0.6) is 0 Å². The van der Waals surface area contributed by atoms with Crippen molar-refractivity contribution in [3.8, 4) is 0 Å². The summed E-state index contributed by atoms with van der Waals surface area (Å²) < 4.78 is 40.2. The monoisotopic (exact) mass is 549 g/mol. The molecule has 8 nitrogen and oxygen atoms in total. The van der Waals surface area contributed by atoms with E-state index in [2.05, 4.69) is 41.8 Å². The number of anilines is 2. The van der Waals surface area contributed by atoms with Crippen molar-refractivity contribution in [3.63, 3.8) is 0 Å². The molecule has 2 heterocycles. The highest BCUT2D eigenvalue weighted by atomic mass is 79.9. The lowest BCUT2D eigenvalue weighted by molar-refractivity contribution is -0.137. The summed E-state index contributed by atoms with van der Waals surface area (Å²) in [5.41, 5.74) is -1.43. The third-order valence-corrected chi connectivity index (χ3v) is 5.89. The zero-order chi connectivity index (χ0) is 25.2. The number of hydrogen-bond donors (Lipinski definition) is 4. The van der Waals surface area contributed by atoms with Crippen molar-refractivity contribution in [2.45, 2.75) is 31.1 Å². The van der Waals surface area contributed by atoms with Crippen LogP contribution in [-0.4, -0.2) is 27.3 Å². The molecule has 2 aromatic heterocycles. The van der Waals surface area contributed by atoms with E-state index in [9.17, 15) is 27.6 Å². The lowest BCUT2D eigenvalue weighted by atomic mass is 10.1. The molecule has 2 amide bonds. The molecule has 4 rings (SSSR count). The number of H-pyrrole nitrogens is 1. The van der Waals surface area contributed by atoms with Crippen LogP contribution in [0, 0.1) is 0 Å². The highest BCUT2D eigenvalue weighted by Gasteiger charge is 2.51. The lowest BCUT2D eigenvalue weighted by Gasteiger charge is -2.17. The van der Waals surface area contributed by atoms with Gasteiger partial charge in [0.25, 0.3) is 5.91 Å². The van der Waals surface area contributed by atoms with Crippen molar-refractivity contribution in [3.05, 3.63) is 86.5 Å². The van der Waals surface area contributed by atoms with Gasteiger partial charge < -0.3 is 20.9 Å². The molecule has 1 aromatic carbocycles. The SMILES string of the molecule is O=C(NC1(C(=O)NCc2ccc(Nc3ccc(Br)cc3C(F)(F)F)cn2)CC1)c1cc[nH]c(=O)c1. The smallest absolute Gasteiger partial charge is 0.354 e. The first-order valence-electron chi connectivity index (χ1n) is 10.4. The van der Waals surface area contributed by atoms with Crippen LogP contribution in [0.3, 0.4) is 0 Å². The molecule has 0 radical (unpaired) electrons. The third kappa shape index (κ3) is 5.88. The number of halogens is 4. The summed E-state index contributed by atoms with van der Waals surface area (Å²) in [7, 11) is 0. The Kier molecular flexibility index (Phi) is 6.66. The van der Waals surface area contributed by atoms with Crippen LogP contribution in [0.1, 0.15) is 34.5 Å². The Bertz CT molecular complexity index is 1320. The Morgan fingerprint density at radius 1 is 1.11 bits per heavy atom. The minimum atomic E-state index is -4.53. The summed E-state index contributed by atoms with van der Waals surface area (Å²) in [6.45, 7) is 0.0633.